The molecule has 0 aliphatic carbocycles. The van der Waals surface area contributed by atoms with E-state index in [9.17, 15) is 22.4 Å². The largest absolute Gasteiger partial charge is 0.481 e. The molecular weight excluding hydrogens is 290 g/mol. The minimum absolute atomic E-state index is 0.0613. The smallest absolute Gasteiger partial charge is 0.416 e. The van der Waals surface area contributed by atoms with Crippen molar-refractivity contribution in [2.24, 2.45) is 0 Å². The van der Waals surface area contributed by atoms with Crippen molar-refractivity contribution < 1.29 is 27.5 Å². The number of benzene rings is 1. The molecule has 3 nitrogen and oxygen atoms in total. The molecule has 0 heterocycles. The maximum Gasteiger partial charge on any atom is 0.416 e. The summed E-state index contributed by atoms with van der Waals surface area (Å²) in [5.41, 5.74) is -0.874. The summed E-state index contributed by atoms with van der Waals surface area (Å²) in [6.07, 6.45) is -4.74. The van der Waals surface area contributed by atoms with Crippen LogP contribution in [0.2, 0.25) is 0 Å². The molecule has 7 heteroatoms. The molecule has 0 amide bonds. The fraction of sp³-hybridized carbons (Fsp3) is 0.500. The van der Waals surface area contributed by atoms with Crippen molar-refractivity contribution in [3.63, 3.8) is 0 Å². The van der Waals surface area contributed by atoms with Gasteiger partial charge in [-0.2, -0.15) is 13.2 Å². The molecule has 0 spiro atoms. The molecule has 118 valence electrons. The van der Waals surface area contributed by atoms with Crippen LogP contribution in [-0.4, -0.2) is 28.6 Å². The third-order valence-corrected chi connectivity index (χ3v) is 3.01. The van der Waals surface area contributed by atoms with Crippen LogP contribution in [-0.2, 0) is 17.5 Å². The average molecular weight is 307 g/mol. The molecule has 0 fully saturated rings. The fourth-order valence-corrected chi connectivity index (χ4v) is 1.90. The molecule has 1 aromatic carbocycles. The number of aliphatic carboxylic acids is 1. The van der Waals surface area contributed by atoms with Crippen LogP contribution in [0.4, 0.5) is 17.6 Å². The van der Waals surface area contributed by atoms with Crippen molar-refractivity contribution in [1.82, 2.24) is 4.90 Å². The summed E-state index contributed by atoms with van der Waals surface area (Å²) in [5, 5.41) is 8.67. The number of rotatable bonds is 6. The molecule has 0 saturated heterocycles. The number of hydrogen-bond acceptors (Lipinski definition) is 2. The van der Waals surface area contributed by atoms with Gasteiger partial charge in [0.1, 0.15) is 5.82 Å². The van der Waals surface area contributed by atoms with Gasteiger partial charge in [0.05, 0.1) is 12.0 Å². The summed E-state index contributed by atoms with van der Waals surface area (Å²) in [4.78, 5) is 12.3. The molecule has 0 aliphatic rings. The Labute approximate surface area is 120 Å². The lowest BCUT2D eigenvalue weighted by Crippen LogP contribution is -2.32. The van der Waals surface area contributed by atoms with Gasteiger partial charge < -0.3 is 5.11 Å². The van der Waals surface area contributed by atoms with Crippen LogP contribution in [0.25, 0.3) is 0 Å². The molecular formula is C14H17F4NO2. The molecule has 0 unspecified atom stereocenters. The number of alkyl halides is 3. The van der Waals surface area contributed by atoms with Gasteiger partial charge in [0.2, 0.25) is 0 Å². The van der Waals surface area contributed by atoms with E-state index in [0.29, 0.717) is 6.07 Å². The fourth-order valence-electron chi connectivity index (χ4n) is 1.90. The highest BCUT2D eigenvalue weighted by Crippen LogP contribution is 2.30. The Morgan fingerprint density at radius 2 is 1.90 bits per heavy atom. The molecule has 0 radical (unpaired) electrons. The number of carboxylic acids is 1. The van der Waals surface area contributed by atoms with Gasteiger partial charge in [-0.05, 0) is 37.6 Å². The lowest BCUT2D eigenvalue weighted by Gasteiger charge is -2.26. The summed E-state index contributed by atoms with van der Waals surface area (Å²) in [6.45, 7) is 3.84. The summed E-state index contributed by atoms with van der Waals surface area (Å²) in [6, 6.07) is 2.30. The molecule has 1 N–H and O–H groups in total. The van der Waals surface area contributed by atoms with E-state index >= 15 is 0 Å². The standard InChI is InChI=1S/C14H17F4NO2/c1-9(2)19(4-3-13(20)21)8-10-5-11(14(16,17)18)7-12(15)6-10/h5-7,9H,3-4,8H2,1-2H3,(H,20,21). The first-order valence-corrected chi connectivity index (χ1v) is 6.42. The van der Waals surface area contributed by atoms with Crippen molar-refractivity contribution in [2.75, 3.05) is 6.54 Å². The van der Waals surface area contributed by atoms with E-state index in [1.54, 1.807) is 18.7 Å². The second kappa shape index (κ2) is 6.89. The number of nitrogens with zero attached hydrogens (tertiary/aromatic N) is 1. The van der Waals surface area contributed by atoms with Crippen LogP contribution in [0.3, 0.4) is 0 Å². The molecule has 0 aliphatic heterocycles. The van der Waals surface area contributed by atoms with Crippen LogP contribution in [0.1, 0.15) is 31.4 Å². The van der Waals surface area contributed by atoms with Crippen LogP contribution in [0, 0.1) is 5.82 Å². The van der Waals surface area contributed by atoms with Crippen LogP contribution < -0.4 is 0 Å². The van der Waals surface area contributed by atoms with Crippen molar-refractivity contribution >= 4 is 5.97 Å². The van der Waals surface area contributed by atoms with Crippen molar-refractivity contribution in [3.8, 4) is 0 Å². The first-order chi connectivity index (χ1) is 9.59. The Kier molecular flexibility index (Phi) is 5.71. The predicted octanol–water partition coefficient (Wildman–Crippen LogP) is 3.53. The molecule has 0 aromatic heterocycles. The normalized spacial score (nSPS) is 12.2. The maximum absolute atomic E-state index is 13.3. The van der Waals surface area contributed by atoms with Gasteiger partial charge in [-0.3, -0.25) is 9.69 Å². The highest BCUT2D eigenvalue weighted by atomic mass is 19.4. The van der Waals surface area contributed by atoms with E-state index in [4.69, 9.17) is 5.11 Å². The van der Waals surface area contributed by atoms with Gasteiger partial charge in [0.15, 0.2) is 0 Å². The van der Waals surface area contributed by atoms with Gasteiger partial charge in [-0.25, -0.2) is 4.39 Å². The Morgan fingerprint density at radius 3 is 2.38 bits per heavy atom. The Bertz CT molecular complexity index is 500. The third kappa shape index (κ3) is 5.71. The van der Waals surface area contributed by atoms with Gasteiger partial charge in [0, 0.05) is 19.1 Å². The average Bonchev–Trinajstić information content (AvgIpc) is 2.32. The Hall–Kier alpha value is -1.63. The second-order valence-electron chi connectivity index (χ2n) is 5.05. The van der Waals surface area contributed by atoms with E-state index in [1.807, 2.05) is 0 Å². The van der Waals surface area contributed by atoms with Gasteiger partial charge in [0.25, 0.3) is 0 Å². The van der Waals surface area contributed by atoms with Crippen LogP contribution in [0.15, 0.2) is 18.2 Å². The third-order valence-electron chi connectivity index (χ3n) is 3.01. The van der Waals surface area contributed by atoms with Crippen LogP contribution in [0.5, 0.6) is 0 Å². The highest BCUT2D eigenvalue weighted by molar-refractivity contribution is 5.66. The summed E-state index contributed by atoms with van der Waals surface area (Å²) >= 11 is 0. The molecule has 1 aromatic rings. The summed E-state index contributed by atoms with van der Waals surface area (Å²) in [7, 11) is 0. The minimum atomic E-state index is -4.61. The quantitative estimate of drug-likeness (QED) is 0.817. The van der Waals surface area contributed by atoms with Crippen molar-refractivity contribution in [1.29, 1.82) is 0 Å². The maximum atomic E-state index is 13.3. The molecule has 0 atom stereocenters. The van der Waals surface area contributed by atoms with E-state index < -0.39 is 23.5 Å². The minimum Gasteiger partial charge on any atom is -0.481 e. The summed E-state index contributed by atoms with van der Waals surface area (Å²) in [5.74, 6) is -1.95. The van der Waals surface area contributed by atoms with Crippen molar-refractivity contribution in [3.05, 3.63) is 35.1 Å². The topological polar surface area (TPSA) is 40.5 Å². The van der Waals surface area contributed by atoms with E-state index in [2.05, 4.69) is 0 Å². The number of hydrogen-bond donors (Lipinski definition) is 1. The zero-order chi connectivity index (χ0) is 16.2. The zero-order valence-electron chi connectivity index (χ0n) is 11.7. The number of carboxylic acid groups (broad SMARTS) is 1. The molecule has 21 heavy (non-hydrogen) atoms. The lowest BCUT2D eigenvalue weighted by atomic mass is 10.1. The van der Waals surface area contributed by atoms with E-state index in [0.717, 1.165) is 12.1 Å². The Morgan fingerprint density at radius 1 is 1.29 bits per heavy atom. The monoisotopic (exact) mass is 307 g/mol. The first-order valence-electron chi connectivity index (χ1n) is 6.42. The van der Waals surface area contributed by atoms with Crippen LogP contribution >= 0.6 is 0 Å². The predicted molar refractivity (Wildman–Crippen MR) is 69.2 cm³/mol. The van der Waals surface area contributed by atoms with Gasteiger partial charge in [-0.1, -0.05) is 0 Å². The first kappa shape index (κ1) is 17.4. The second-order valence-corrected chi connectivity index (χ2v) is 5.05. The molecule has 0 saturated carbocycles. The molecule has 0 bridgehead atoms. The lowest BCUT2D eigenvalue weighted by molar-refractivity contribution is -0.138. The van der Waals surface area contributed by atoms with Crippen molar-refractivity contribution in [2.45, 2.75) is 39.0 Å². The summed E-state index contributed by atoms with van der Waals surface area (Å²) < 4.78 is 51.2. The zero-order valence-corrected chi connectivity index (χ0v) is 11.7. The van der Waals surface area contributed by atoms with E-state index in [-0.39, 0.29) is 31.1 Å². The number of halogens is 4. The van der Waals surface area contributed by atoms with Gasteiger partial charge in [-0.15, -0.1) is 0 Å². The van der Waals surface area contributed by atoms with Gasteiger partial charge >= 0.3 is 12.1 Å². The van der Waals surface area contributed by atoms with E-state index in [1.165, 1.54) is 0 Å². The molecule has 1 rings (SSSR count). The Balaban J connectivity index is 2.93. The number of carbonyl (C=O) groups is 1. The SMILES string of the molecule is CC(C)N(CCC(=O)O)Cc1cc(F)cc(C(F)(F)F)c1. The highest BCUT2D eigenvalue weighted by Gasteiger charge is 2.31.